The summed E-state index contributed by atoms with van der Waals surface area (Å²) in [5.41, 5.74) is 8.10. The molecule has 0 bridgehead atoms. The lowest BCUT2D eigenvalue weighted by Gasteiger charge is -2.18. The van der Waals surface area contributed by atoms with Gasteiger partial charge in [-0.05, 0) is 95.4 Å². The Hall–Kier alpha value is -5.67. The number of aromatic nitrogens is 2. The molecule has 0 aliphatic carbocycles. The van der Waals surface area contributed by atoms with Crippen LogP contribution in [0.15, 0.2) is 152 Å². The van der Waals surface area contributed by atoms with Crippen LogP contribution in [0.3, 0.4) is 0 Å². The van der Waals surface area contributed by atoms with Crippen LogP contribution in [-0.4, -0.2) is 25.1 Å². The third-order valence-electron chi connectivity index (χ3n) is 8.44. The summed E-state index contributed by atoms with van der Waals surface area (Å²) in [6.45, 7) is 3.95. The van der Waals surface area contributed by atoms with Crippen molar-refractivity contribution in [2.75, 3.05) is 0 Å². The van der Waals surface area contributed by atoms with Crippen LogP contribution in [-0.2, 0) is 0 Å². The van der Waals surface area contributed by atoms with E-state index in [9.17, 15) is 0 Å². The van der Waals surface area contributed by atoms with E-state index in [1.165, 1.54) is 16.7 Å². The molecule has 230 valence electrons. The van der Waals surface area contributed by atoms with E-state index in [0.717, 1.165) is 49.5 Å². The molecule has 0 spiro atoms. The first-order valence-corrected chi connectivity index (χ1v) is 17.4. The van der Waals surface area contributed by atoms with E-state index in [1.54, 1.807) is 0 Å². The Labute approximate surface area is 284 Å². The number of nitrogens with zero attached hydrogens (tertiary/aromatic N) is 2. The van der Waals surface area contributed by atoms with Gasteiger partial charge in [-0.2, -0.15) is 0 Å². The zero-order valence-electron chi connectivity index (χ0n) is 26.6. The summed E-state index contributed by atoms with van der Waals surface area (Å²) < 4.78 is 19.8. The van der Waals surface area contributed by atoms with E-state index in [2.05, 4.69) is 84.9 Å². The van der Waals surface area contributed by atoms with E-state index in [4.69, 9.17) is 21.3 Å². The monoisotopic (exact) mass is 638 g/mol. The summed E-state index contributed by atoms with van der Waals surface area (Å²) in [7, 11) is 0. The molecule has 6 aromatic carbocycles. The predicted molar refractivity (Wildman–Crippen MR) is 195 cm³/mol. The SMILES string of the molecule is Cc1ccc2cccc([O][Al]([O]c3ccc4cc(-c5cccc(-c6ccccc6)c5)ccc4c3)[O]c3cccc4ccc(C)nc34)c2n1. The molecule has 0 amide bonds. The molecule has 0 radical (unpaired) electrons. The summed E-state index contributed by atoms with van der Waals surface area (Å²) in [6, 6.07) is 51.7. The van der Waals surface area contributed by atoms with Crippen LogP contribution >= 0.6 is 0 Å². The van der Waals surface area contributed by atoms with Crippen molar-refractivity contribution in [3.8, 4) is 39.5 Å². The highest BCUT2D eigenvalue weighted by Crippen LogP contribution is 2.32. The Morgan fingerprint density at radius 1 is 0.396 bits per heavy atom. The van der Waals surface area contributed by atoms with Crippen LogP contribution in [0.25, 0.3) is 54.8 Å². The first-order valence-electron chi connectivity index (χ1n) is 16.0. The number of hydrogen-bond acceptors (Lipinski definition) is 5. The standard InChI is InChI=1S/C22H16O.2C10H9NO.Al/c23-22-12-11-20-14-19(9-10-21(20)15-22)18-8-4-7-17(13-18)16-5-2-1-3-6-16;2*1-7-5-6-8-3-2-4-9(12)10(8)11-7;/h1-15,23H;2*2-6,12H,1H3;/q;;;+3/p-3. The fourth-order valence-corrected chi connectivity index (χ4v) is 7.31. The molecule has 0 unspecified atom stereocenters. The normalized spacial score (nSPS) is 11.1. The van der Waals surface area contributed by atoms with Gasteiger partial charge in [0.2, 0.25) is 0 Å². The number of rotatable bonds is 8. The van der Waals surface area contributed by atoms with Crippen molar-refractivity contribution in [1.29, 1.82) is 0 Å². The van der Waals surface area contributed by atoms with Crippen LogP contribution < -0.4 is 11.4 Å². The van der Waals surface area contributed by atoms with Crippen molar-refractivity contribution in [2.24, 2.45) is 0 Å². The summed E-state index contributed by atoms with van der Waals surface area (Å²) in [5.74, 6) is 1.92. The van der Waals surface area contributed by atoms with Crippen LogP contribution in [0.1, 0.15) is 11.4 Å². The molecule has 0 fully saturated rings. The average molecular weight is 639 g/mol. The van der Waals surface area contributed by atoms with Gasteiger partial charge in [0.05, 0.1) is 5.75 Å². The molecule has 0 aliphatic rings. The first-order chi connectivity index (χ1) is 23.6. The average Bonchev–Trinajstić information content (AvgIpc) is 3.12. The number of pyridine rings is 2. The maximum atomic E-state index is 6.61. The second-order valence-electron chi connectivity index (χ2n) is 11.9. The molecule has 0 saturated carbocycles. The second kappa shape index (κ2) is 12.9. The van der Waals surface area contributed by atoms with Gasteiger partial charge in [-0.15, -0.1) is 0 Å². The number of benzene rings is 6. The fraction of sp³-hybridized carbons (Fsp3) is 0.0476. The van der Waals surface area contributed by atoms with E-state index >= 15 is 0 Å². The van der Waals surface area contributed by atoms with E-state index in [-0.39, 0.29) is 0 Å². The van der Waals surface area contributed by atoms with Gasteiger partial charge < -0.3 is 11.4 Å². The Balaban J connectivity index is 1.12. The number of aryl methyl sites for hydroxylation is 2. The van der Waals surface area contributed by atoms with Gasteiger partial charge in [0.15, 0.2) is 0 Å². The third kappa shape index (κ3) is 6.20. The van der Waals surface area contributed by atoms with Crippen LogP contribution in [0.4, 0.5) is 0 Å². The number of para-hydroxylation sites is 2. The minimum absolute atomic E-state index is 0.625. The molecule has 5 nitrogen and oxygen atoms in total. The Morgan fingerprint density at radius 3 is 1.58 bits per heavy atom. The lowest BCUT2D eigenvalue weighted by molar-refractivity contribution is 0.310. The van der Waals surface area contributed by atoms with Gasteiger partial charge in [-0.3, -0.25) is 0 Å². The van der Waals surface area contributed by atoms with Gasteiger partial charge in [-0.25, -0.2) is 9.97 Å². The quantitative estimate of drug-likeness (QED) is 0.155. The molecule has 0 N–H and O–H groups in total. The predicted octanol–water partition coefficient (Wildman–Crippen LogP) is 10.4. The summed E-state index contributed by atoms with van der Waals surface area (Å²) >= 11 is -2.92. The molecule has 48 heavy (non-hydrogen) atoms. The Bertz CT molecular complexity index is 2340. The zero-order chi connectivity index (χ0) is 32.5. The molecule has 2 heterocycles. The van der Waals surface area contributed by atoms with Crippen LogP contribution in [0.2, 0.25) is 0 Å². The Kier molecular flexibility index (Phi) is 7.96. The smallest absolute Gasteiger partial charge is 0.577 e. The van der Waals surface area contributed by atoms with Gasteiger partial charge >= 0.3 is 15.1 Å². The minimum Gasteiger partial charge on any atom is -0.577 e. The molecule has 2 aromatic heterocycles. The molecule has 6 heteroatoms. The van der Waals surface area contributed by atoms with E-state index in [0.29, 0.717) is 17.2 Å². The second-order valence-corrected chi connectivity index (χ2v) is 13.2. The maximum Gasteiger partial charge on any atom is 1.20 e. The van der Waals surface area contributed by atoms with Crippen molar-refractivity contribution in [3.63, 3.8) is 0 Å². The third-order valence-corrected chi connectivity index (χ3v) is 9.80. The molecule has 8 aromatic rings. The van der Waals surface area contributed by atoms with Crippen LogP contribution in [0, 0.1) is 13.8 Å². The van der Waals surface area contributed by atoms with Crippen LogP contribution in [0.5, 0.6) is 17.2 Å². The molecular formula is C42H31AlN2O3. The Morgan fingerprint density at radius 2 is 0.917 bits per heavy atom. The molecule has 0 saturated heterocycles. The highest BCUT2D eigenvalue weighted by atomic mass is 27.3. The fourth-order valence-electron chi connectivity index (χ4n) is 6.00. The molecule has 8 rings (SSSR count). The lowest BCUT2D eigenvalue weighted by atomic mass is 9.97. The van der Waals surface area contributed by atoms with Crippen molar-refractivity contribution < 1.29 is 11.4 Å². The molecule has 0 aliphatic heterocycles. The van der Waals surface area contributed by atoms with E-state index < -0.39 is 15.1 Å². The van der Waals surface area contributed by atoms with Crippen molar-refractivity contribution in [3.05, 3.63) is 163 Å². The van der Waals surface area contributed by atoms with E-state index in [1.807, 2.05) is 80.6 Å². The molecular weight excluding hydrogens is 607 g/mol. The lowest BCUT2D eigenvalue weighted by Crippen LogP contribution is -2.37. The summed E-state index contributed by atoms with van der Waals surface area (Å²) in [6.07, 6.45) is 0. The number of fused-ring (bicyclic) bond motifs is 3. The van der Waals surface area contributed by atoms with Gasteiger partial charge in [0.1, 0.15) is 22.5 Å². The van der Waals surface area contributed by atoms with Crippen molar-refractivity contribution in [2.45, 2.75) is 13.8 Å². The summed E-state index contributed by atoms with van der Waals surface area (Å²) in [5, 5.41) is 4.16. The van der Waals surface area contributed by atoms with Gasteiger partial charge in [-0.1, -0.05) is 103 Å². The molecule has 0 atom stereocenters. The highest BCUT2D eigenvalue weighted by molar-refractivity contribution is 6.40. The van der Waals surface area contributed by atoms with Crippen molar-refractivity contribution in [1.82, 2.24) is 9.97 Å². The van der Waals surface area contributed by atoms with Gasteiger partial charge in [0, 0.05) is 22.2 Å². The highest BCUT2D eigenvalue weighted by Gasteiger charge is 2.45. The van der Waals surface area contributed by atoms with Gasteiger partial charge in [0.25, 0.3) is 0 Å². The topological polar surface area (TPSA) is 53.5 Å². The maximum absolute atomic E-state index is 6.61. The first kappa shape index (κ1) is 29.7. The zero-order valence-corrected chi connectivity index (χ0v) is 27.8. The number of hydrogen-bond donors (Lipinski definition) is 0. The minimum atomic E-state index is -2.92. The van der Waals surface area contributed by atoms with Crippen molar-refractivity contribution >= 4 is 47.7 Å². The summed E-state index contributed by atoms with van der Waals surface area (Å²) in [4.78, 5) is 9.55. The largest absolute Gasteiger partial charge is 1.20 e.